The zero-order chi connectivity index (χ0) is 13.0. The lowest BCUT2D eigenvalue weighted by Crippen LogP contribution is -2.34. The minimum absolute atomic E-state index is 0.0523. The molecule has 0 unspecified atom stereocenters. The Morgan fingerprint density at radius 2 is 2.33 bits per heavy atom. The van der Waals surface area contributed by atoms with E-state index in [9.17, 15) is 9.59 Å². The maximum atomic E-state index is 11.7. The lowest BCUT2D eigenvalue weighted by Gasteiger charge is -2.00. The van der Waals surface area contributed by atoms with Gasteiger partial charge in [-0.05, 0) is 12.1 Å². The molecule has 94 valence electrons. The fourth-order valence-corrected chi connectivity index (χ4v) is 2.03. The van der Waals surface area contributed by atoms with Crippen molar-refractivity contribution >= 4 is 23.2 Å². The minimum Gasteiger partial charge on any atom is -0.462 e. The molecule has 0 radical (unpaired) electrons. The van der Waals surface area contributed by atoms with Crippen molar-refractivity contribution in [3.8, 4) is 10.8 Å². The Morgan fingerprint density at radius 1 is 1.50 bits per heavy atom. The third-order valence-electron chi connectivity index (χ3n) is 2.15. The Balaban J connectivity index is 2.02. The molecule has 2 aromatic heterocycles. The van der Waals surface area contributed by atoms with Gasteiger partial charge in [0.25, 0.3) is 5.91 Å². The third-order valence-corrected chi connectivity index (χ3v) is 3.16. The molecule has 7 heteroatoms. The van der Waals surface area contributed by atoms with Crippen LogP contribution in [0.1, 0.15) is 9.67 Å². The van der Waals surface area contributed by atoms with Crippen molar-refractivity contribution in [2.75, 3.05) is 13.6 Å². The molecule has 2 heterocycles. The first-order valence-electron chi connectivity index (χ1n) is 5.19. The van der Waals surface area contributed by atoms with Gasteiger partial charge in [-0.2, -0.15) is 0 Å². The molecule has 18 heavy (non-hydrogen) atoms. The molecule has 2 amide bonds. The number of rotatable bonds is 4. The number of carbonyl (C=O) groups excluding carboxylic acids is 2. The summed E-state index contributed by atoms with van der Waals surface area (Å²) in [5.41, 5.74) is 0. The van der Waals surface area contributed by atoms with Crippen molar-refractivity contribution < 1.29 is 14.0 Å². The maximum absolute atomic E-state index is 11.7. The van der Waals surface area contributed by atoms with E-state index in [1.54, 1.807) is 18.4 Å². The molecule has 0 fully saturated rings. The highest BCUT2D eigenvalue weighted by molar-refractivity contribution is 7.16. The number of furan rings is 1. The van der Waals surface area contributed by atoms with Crippen molar-refractivity contribution in [3.05, 3.63) is 29.5 Å². The summed E-state index contributed by atoms with van der Waals surface area (Å²) in [5, 5.41) is 5.55. The number of hydrogen-bond acceptors (Lipinski definition) is 5. The first kappa shape index (κ1) is 12.3. The molecular formula is C11H11N3O3S. The first-order valence-corrected chi connectivity index (χ1v) is 6.01. The summed E-state index contributed by atoms with van der Waals surface area (Å²) in [7, 11) is 1.51. The standard InChI is InChI=1S/C11H11N3O3S/c1-12-9(15)6-13-10(16)8-5-14-11(18-8)7-3-2-4-17-7/h2-5H,6H2,1H3,(H,12,15)(H,13,16). The van der Waals surface area contributed by atoms with Crippen molar-refractivity contribution in [1.82, 2.24) is 15.6 Å². The largest absolute Gasteiger partial charge is 0.462 e. The number of thiazole rings is 1. The minimum atomic E-state index is -0.325. The molecule has 2 aromatic rings. The van der Waals surface area contributed by atoms with Crippen LogP contribution in [0.25, 0.3) is 10.8 Å². The van der Waals surface area contributed by atoms with E-state index in [1.807, 2.05) is 0 Å². The van der Waals surface area contributed by atoms with Crippen molar-refractivity contribution in [1.29, 1.82) is 0 Å². The van der Waals surface area contributed by atoms with Gasteiger partial charge >= 0.3 is 0 Å². The summed E-state index contributed by atoms with van der Waals surface area (Å²) in [6.45, 7) is -0.0523. The molecule has 6 nitrogen and oxygen atoms in total. The van der Waals surface area contributed by atoms with Crippen LogP contribution < -0.4 is 10.6 Å². The van der Waals surface area contributed by atoms with Crippen LogP contribution in [0.5, 0.6) is 0 Å². The molecule has 0 saturated carbocycles. The summed E-state index contributed by atoms with van der Waals surface area (Å²) in [6, 6.07) is 3.52. The normalized spacial score (nSPS) is 10.1. The van der Waals surface area contributed by atoms with Crippen LogP contribution in [-0.4, -0.2) is 30.4 Å². The monoisotopic (exact) mass is 265 g/mol. The summed E-state index contributed by atoms with van der Waals surface area (Å²) in [6.07, 6.45) is 3.00. The summed E-state index contributed by atoms with van der Waals surface area (Å²) < 4.78 is 5.18. The van der Waals surface area contributed by atoms with E-state index in [2.05, 4.69) is 15.6 Å². The van der Waals surface area contributed by atoms with Crippen LogP contribution in [0.2, 0.25) is 0 Å². The molecule has 2 rings (SSSR count). The predicted molar refractivity (Wildman–Crippen MR) is 66.2 cm³/mol. The van der Waals surface area contributed by atoms with Crippen LogP contribution in [0.15, 0.2) is 29.0 Å². The van der Waals surface area contributed by atoms with Gasteiger partial charge in [-0.1, -0.05) is 0 Å². The molecule has 0 spiro atoms. The van der Waals surface area contributed by atoms with E-state index in [4.69, 9.17) is 4.42 Å². The van der Waals surface area contributed by atoms with Gasteiger partial charge in [-0.15, -0.1) is 11.3 Å². The van der Waals surface area contributed by atoms with E-state index in [0.29, 0.717) is 15.6 Å². The Bertz CT molecular complexity index is 548. The van der Waals surface area contributed by atoms with Gasteiger partial charge in [-0.3, -0.25) is 9.59 Å². The number of nitrogens with one attached hydrogen (secondary N) is 2. The fourth-order valence-electron chi connectivity index (χ4n) is 1.23. The van der Waals surface area contributed by atoms with Gasteiger partial charge in [0.1, 0.15) is 4.88 Å². The second-order valence-corrected chi connectivity index (χ2v) is 4.39. The number of hydrogen-bond donors (Lipinski definition) is 2. The maximum Gasteiger partial charge on any atom is 0.263 e. The average molecular weight is 265 g/mol. The highest BCUT2D eigenvalue weighted by Gasteiger charge is 2.13. The predicted octanol–water partition coefficient (Wildman–Crippen LogP) is 0.879. The topological polar surface area (TPSA) is 84.2 Å². The fraction of sp³-hybridized carbons (Fsp3) is 0.182. The van der Waals surface area contributed by atoms with Gasteiger partial charge < -0.3 is 15.1 Å². The third kappa shape index (κ3) is 2.75. The Labute approximate surface area is 107 Å². The second kappa shape index (κ2) is 5.46. The smallest absolute Gasteiger partial charge is 0.263 e. The van der Waals surface area contributed by atoms with Crippen LogP contribution in [0, 0.1) is 0 Å². The number of nitrogens with zero attached hydrogens (tertiary/aromatic N) is 1. The van der Waals surface area contributed by atoms with Crippen LogP contribution >= 0.6 is 11.3 Å². The first-order chi connectivity index (χ1) is 8.70. The highest BCUT2D eigenvalue weighted by atomic mass is 32.1. The van der Waals surface area contributed by atoms with Crippen LogP contribution in [0.3, 0.4) is 0 Å². The van der Waals surface area contributed by atoms with E-state index >= 15 is 0 Å². The second-order valence-electron chi connectivity index (χ2n) is 3.36. The zero-order valence-corrected chi connectivity index (χ0v) is 10.4. The molecule has 0 aliphatic rings. The number of carbonyl (C=O) groups is 2. The molecular weight excluding hydrogens is 254 g/mol. The van der Waals surface area contributed by atoms with E-state index < -0.39 is 0 Å². The Morgan fingerprint density at radius 3 is 3.00 bits per heavy atom. The van der Waals surface area contributed by atoms with Gasteiger partial charge in [0.15, 0.2) is 10.8 Å². The Hall–Kier alpha value is -2.15. The average Bonchev–Trinajstić information content (AvgIpc) is 3.04. The summed E-state index contributed by atoms with van der Waals surface area (Å²) >= 11 is 1.21. The quantitative estimate of drug-likeness (QED) is 0.859. The van der Waals surface area contributed by atoms with E-state index in [1.165, 1.54) is 24.6 Å². The lowest BCUT2D eigenvalue weighted by molar-refractivity contribution is -0.119. The molecule has 0 aliphatic carbocycles. The van der Waals surface area contributed by atoms with Gasteiger partial charge in [0.2, 0.25) is 5.91 Å². The van der Waals surface area contributed by atoms with Gasteiger partial charge in [0, 0.05) is 7.05 Å². The van der Waals surface area contributed by atoms with Crippen LogP contribution in [-0.2, 0) is 4.79 Å². The molecule has 2 N–H and O–H groups in total. The number of amides is 2. The van der Waals surface area contributed by atoms with Gasteiger partial charge in [0.05, 0.1) is 19.0 Å². The molecule has 0 saturated heterocycles. The lowest BCUT2D eigenvalue weighted by atomic mass is 10.4. The molecule has 0 bridgehead atoms. The summed E-state index contributed by atoms with van der Waals surface area (Å²) in [4.78, 5) is 27.2. The van der Waals surface area contributed by atoms with Crippen molar-refractivity contribution in [2.24, 2.45) is 0 Å². The molecule has 0 aromatic carbocycles. The zero-order valence-electron chi connectivity index (χ0n) is 9.60. The molecule has 0 atom stereocenters. The number of aromatic nitrogens is 1. The van der Waals surface area contributed by atoms with Gasteiger partial charge in [-0.25, -0.2) is 4.98 Å². The Kier molecular flexibility index (Phi) is 3.73. The highest BCUT2D eigenvalue weighted by Crippen LogP contribution is 2.25. The number of likely N-dealkylation sites (N-methyl/N-ethyl adjacent to an activating group) is 1. The summed E-state index contributed by atoms with van der Waals surface area (Å²) in [5.74, 6) is 0.0402. The van der Waals surface area contributed by atoms with Crippen molar-refractivity contribution in [2.45, 2.75) is 0 Å². The SMILES string of the molecule is CNC(=O)CNC(=O)c1cnc(-c2ccco2)s1. The van der Waals surface area contributed by atoms with E-state index in [-0.39, 0.29) is 18.4 Å². The van der Waals surface area contributed by atoms with Crippen molar-refractivity contribution in [3.63, 3.8) is 0 Å². The van der Waals surface area contributed by atoms with E-state index in [0.717, 1.165) is 0 Å². The molecule has 0 aliphatic heterocycles. The van der Waals surface area contributed by atoms with Crippen LogP contribution in [0.4, 0.5) is 0 Å².